The number of hydrogen-bond acceptors (Lipinski definition) is 3. The van der Waals surface area contributed by atoms with Crippen molar-refractivity contribution in [2.45, 2.75) is 26.4 Å². The molecule has 0 spiro atoms. The number of hydrogen-bond donors (Lipinski definition) is 1. The van der Waals surface area contributed by atoms with Crippen molar-refractivity contribution < 1.29 is 18.4 Å². The lowest BCUT2D eigenvalue weighted by molar-refractivity contribution is -0.132. The van der Waals surface area contributed by atoms with E-state index in [-0.39, 0.29) is 12.5 Å². The van der Waals surface area contributed by atoms with E-state index in [1.165, 1.54) is 4.90 Å². The van der Waals surface area contributed by atoms with Crippen molar-refractivity contribution in [3.63, 3.8) is 0 Å². The van der Waals surface area contributed by atoms with Crippen LogP contribution in [0.15, 0.2) is 30.6 Å². The van der Waals surface area contributed by atoms with Gasteiger partial charge < -0.3 is 10.2 Å². The van der Waals surface area contributed by atoms with E-state index in [1.54, 1.807) is 17.1 Å². The van der Waals surface area contributed by atoms with Crippen LogP contribution in [0.5, 0.6) is 0 Å². The number of halogens is 2. The monoisotopic (exact) mass is 348 g/mol. The molecule has 1 N–H and O–H groups in total. The first-order valence-corrected chi connectivity index (χ1v) is 8.04. The SMILES string of the molecule is CCn1cc(N2CCC(C(=O)NCc3cc(F)cc(F)c3)C2=O)cn1. The summed E-state index contributed by atoms with van der Waals surface area (Å²) in [4.78, 5) is 26.3. The Morgan fingerprint density at radius 3 is 2.68 bits per heavy atom. The summed E-state index contributed by atoms with van der Waals surface area (Å²) in [6, 6.07) is 3.05. The maximum atomic E-state index is 13.2. The molecular weight excluding hydrogens is 330 g/mol. The van der Waals surface area contributed by atoms with Crippen LogP contribution in [0.25, 0.3) is 0 Å². The van der Waals surface area contributed by atoms with Gasteiger partial charge in [0.25, 0.3) is 0 Å². The highest BCUT2D eigenvalue weighted by Gasteiger charge is 2.37. The fourth-order valence-electron chi connectivity index (χ4n) is 2.87. The molecule has 1 aromatic heterocycles. The molecule has 0 bridgehead atoms. The zero-order valence-corrected chi connectivity index (χ0v) is 13.7. The molecule has 132 valence electrons. The number of nitrogens with one attached hydrogen (secondary N) is 1. The molecule has 3 rings (SSSR count). The van der Waals surface area contributed by atoms with Crippen LogP contribution in [0.3, 0.4) is 0 Å². The van der Waals surface area contributed by atoms with E-state index in [4.69, 9.17) is 0 Å². The van der Waals surface area contributed by atoms with Gasteiger partial charge in [0.05, 0.1) is 11.9 Å². The zero-order valence-electron chi connectivity index (χ0n) is 13.7. The predicted molar refractivity (Wildman–Crippen MR) is 86.6 cm³/mol. The van der Waals surface area contributed by atoms with Crippen LogP contribution in [0, 0.1) is 17.6 Å². The van der Waals surface area contributed by atoms with Gasteiger partial charge in [-0.1, -0.05) is 0 Å². The van der Waals surface area contributed by atoms with Gasteiger partial charge >= 0.3 is 0 Å². The van der Waals surface area contributed by atoms with Crippen molar-refractivity contribution in [3.05, 3.63) is 47.8 Å². The number of amides is 2. The fraction of sp³-hybridized carbons (Fsp3) is 0.353. The maximum absolute atomic E-state index is 13.2. The molecule has 1 unspecified atom stereocenters. The molecule has 1 aliphatic heterocycles. The van der Waals surface area contributed by atoms with Gasteiger partial charge in [-0.15, -0.1) is 0 Å². The van der Waals surface area contributed by atoms with Crippen molar-refractivity contribution in [2.75, 3.05) is 11.4 Å². The van der Waals surface area contributed by atoms with Crippen molar-refractivity contribution in [3.8, 4) is 0 Å². The van der Waals surface area contributed by atoms with Gasteiger partial charge in [0.2, 0.25) is 11.8 Å². The second-order valence-electron chi connectivity index (χ2n) is 5.88. The molecule has 1 aliphatic rings. The molecule has 0 aliphatic carbocycles. The van der Waals surface area contributed by atoms with Crippen molar-refractivity contribution in [1.82, 2.24) is 15.1 Å². The first-order valence-electron chi connectivity index (χ1n) is 8.04. The summed E-state index contributed by atoms with van der Waals surface area (Å²) < 4.78 is 28.0. The summed E-state index contributed by atoms with van der Waals surface area (Å²) in [6.07, 6.45) is 3.74. The number of nitrogens with zero attached hydrogens (tertiary/aromatic N) is 3. The largest absolute Gasteiger partial charge is 0.351 e. The van der Waals surface area contributed by atoms with Crippen LogP contribution in [-0.4, -0.2) is 28.1 Å². The second-order valence-corrected chi connectivity index (χ2v) is 5.88. The van der Waals surface area contributed by atoms with E-state index >= 15 is 0 Å². The Morgan fingerprint density at radius 2 is 2.04 bits per heavy atom. The Bertz CT molecular complexity index is 785. The Morgan fingerprint density at radius 1 is 1.32 bits per heavy atom. The number of benzene rings is 1. The zero-order chi connectivity index (χ0) is 18.0. The van der Waals surface area contributed by atoms with Crippen LogP contribution in [0.1, 0.15) is 18.9 Å². The molecule has 2 aromatic rings. The van der Waals surface area contributed by atoms with Gasteiger partial charge in [-0.3, -0.25) is 14.3 Å². The minimum atomic E-state index is -0.802. The van der Waals surface area contributed by atoms with Gasteiger partial charge in [0.1, 0.15) is 17.6 Å². The number of aromatic nitrogens is 2. The number of aryl methyl sites for hydroxylation is 1. The molecule has 2 heterocycles. The first-order chi connectivity index (χ1) is 12.0. The predicted octanol–water partition coefficient (Wildman–Crippen LogP) is 1.85. The van der Waals surface area contributed by atoms with Crippen molar-refractivity contribution >= 4 is 17.5 Å². The molecule has 1 aromatic carbocycles. The number of carbonyl (C=O) groups is 2. The highest BCUT2D eigenvalue weighted by molar-refractivity contribution is 6.09. The Balaban J connectivity index is 1.62. The van der Waals surface area contributed by atoms with Gasteiger partial charge in [0.15, 0.2) is 0 Å². The highest BCUT2D eigenvalue weighted by atomic mass is 19.1. The number of rotatable bonds is 5. The molecule has 1 fully saturated rings. The molecule has 1 saturated heterocycles. The lowest BCUT2D eigenvalue weighted by Gasteiger charge is -2.14. The third-order valence-electron chi connectivity index (χ3n) is 4.17. The van der Waals surface area contributed by atoms with Crippen LogP contribution >= 0.6 is 0 Å². The maximum Gasteiger partial charge on any atom is 0.239 e. The van der Waals surface area contributed by atoms with Gasteiger partial charge in [-0.2, -0.15) is 5.10 Å². The average molecular weight is 348 g/mol. The molecule has 6 nitrogen and oxygen atoms in total. The summed E-state index contributed by atoms with van der Waals surface area (Å²) >= 11 is 0. The average Bonchev–Trinajstić information content (AvgIpc) is 3.18. The third-order valence-corrected chi connectivity index (χ3v) is 4.17. The van der Waals surface area contributed by atoms with E-state index in [0.29, 0.717) is 30.8 Å². The first kappa shape index (κ1) is 17.1. The van der Waals surface area contributed by atoms with Crippen LogP contribution in [-0.2, 0) is 22.7 Å². The minimum absolute atomic E-state index is 0.0366. The van der Waals surface area contributed by atoms with Crippen molar-refractivity contribution in [1.29, 1.82) is 0 Å². The number of carbonyl (C=O) groups excluding carboxylic acids is 2. The second kappa shape index (κ2) is 7.00. The Labute approximate surface area is 143 Å². The van der Waals surface area contributed by atoms with Crippen LogP contribution < -0.4 is 10.2 Å². The minimum Gasteiger partial charge on any atom is -0.351 e. The quantitative estimate of drug-likeness (QED) is 0.839. The third kappa shape index (κ3) is 3.67. The smallest absolute Gasteiger partial charge is 0.239 e. The lowest BCUT2D eigenvalue weighted by Crippen LogP contribution is -2.36. The fourth-order valence-corrected chi connectivity index (χ4v) is 2.87. The van der Waals surface area contributed by atoms with E-state index < -0.39 is 23.5 Å². The van der Waals surface area contributed by atoms with Crippen molar-refractivity contribution in [2.24, 2.45) is 5.92 Å². The highest BCUT2D eigenvalue weighted by Crippen LogP contribution is 2.25. The van der Waals surface area contributed by atoms with E-state index in [9.17, 15) is 18.4 Å². The van der Waals surface area contributed by atoms with Crippen LogP contribution in [0.2, 0.25) is 0 Å². The van der Waals surface area contributed by atoms with Gasteiger partial charge in [-0.25, -0.2) is 8.78 Å². The van der Waals surface area contributed by atoms with Gasteiger partial charge in [0, 0.05) is 31.9 Å². The molecule has 25 heavy (non-hydrogen) atoms. The molecule has 8 heteroatoms. The molecule has 0 radical (unpaired) electrons. The van der Waals surface area contributed by atoms with Gasteiger partial charge in [-0.05, 0) is 31.0 Å². The Kier molecular flexibility index (Phi) is 4.78. The van der Waals surface area contributed by atoms with Crippen LogP contribution in [0.4, 0.5) is 14.5 Å². The standard InChI is InChI=1S/C17H18F2N4O2/c1-2-22-10-14(9-21-22)23-4-3-15(17(23)25)16(24)20-8-11-5-12(18)7-13(19)6-11/h5-7,9-10,15H,2-4,8H2,1H3,(H,20,24). The molecule has 1 atom stereocenters. The Hall–Kier alpha value is -2.77. The van der Waals surface area contributed by atoms with E-state index in [2.05, 4.69) is 10.4 Å². The summed E-state index contributed by atoms with van der Waals surface area (Å²) in [5, 5.41) is 6.70. The summed E-state index contributed by atoms with van der Waals surface area (Å²) in [7, 11) is 0. The van der Waals surface area contributed by atoms with E-state index in [0.717, 1.165) is 18.2 Å². The lowest BCUT2D eigenvalue weighted by atomic mass is 10.1. The summed E-state index contributed by atoms with van der Waals surface area (Å²) in [6.45, 7) is 3.02. The normalized spacial score (nSPS) is 17.2. The molecule has 0 saturated carbocycles. The number of anilines is 1. The summed E-state index contributed by atoms with van der Waals surface area (Å²) in [5.41, 5.74) is 0.965. The molecular formula is C17H18F2N4O2. The summed E-state index contributed by atoms with van der Waals surface area (Å²) in [5.74, 6) is -2.96. The van der Waals surface area contributed by atoms with E-state index in [1.807, 2.05) is 6.92 Å². The topological polar surface area (TPSA) is 67.2 Å². The molecule has 2 amide bonds.